The fourth-order valence-corrected chi connectivity index (χ4v) is 2.34. The normalized spacial score (nSPS) is 21.6. The van der Waals surface area contributed by atoms with Crippen molar-refractivity contribution in [2.45, 2.75) is 25.8 Å². The Morgan fingerprint density at radius 2 is 2.12 bits per heavy atom. The molecular formula is C11H24N4O. The van der Waals surface area contributed by atoms with Crippen LogP contribution in [0.15, 0.2) is 0 Å². The van der Waals surface area contributed by atoms with E-state index in [1.54, 1.807) is 0 Å². The Morgan fingerprint density at radius 1 is 1.38 bits per heavy atom. The van der Waals surface area contributed by atoms with Gasteiger partial charge in [0.15, 0.2) is 0 Å². The summed E-state index contributed by atoms with van der Waals surface area (Å²) in [6, 6.07) is 0.0917. The first-order valence-electron chi connectivity index (χ1n) is 6.10. The fourth-order valence-electron chi connectivity index (χ4n) is 2.34. The van der Waals surface area contributed by atoms with E-state index in [1.165, 1.54) is 0 Å². The minimum absolute atomic E-state index is 0.0917. The molecule has 1 rings (SSSR count). The summed E-state index contributed by atoms with van der Waals surface area (Å²) in [5.41, 5.74) is 5.61. The van der Waals surface area contributed by atoms with Crippen LogP contribution in [0.25, 0.3) is 0 Å². The Morgan fingerprint density at radius 3 is 2.69 bits per heavy atom. The number of aliphatic hydroxyl groups excluding tert-OH is 1. The predicted molar refractivity (Wildman–Crippen MR) is 65.7 cm³/mol. The molecule has 0 bridgehead atoms. The van der Waals surface area contributed by atoms with Gasteiger partial charge in [0, 0.05) is 26.2 Å². The van der Waals surface area contributed by atoms with Gasteiger partial charge in [-0.3, -0.25) is 15.2 Å². The van der Waals surface area contributed by atoms with Crippen LogP contribution in [0.4, 0.5) is 0 Å². The van der Waals surface area contributed by atoms with Gasteiger partial charge in [0.25, 0.3) is 0 Å². The summed E-state index contributed by atoms with van der Waals surface area (Å²) >= 11 is 0. The highest BCUT2D eigenvalue weighted by atomic mass is 16.3. The van der Waals surface area contributed by atoms with E-state index in [9.17, 15) is 0 Å². The standard InChI is InChI=1S/C11H24N4O/c1-2-10(11(12)13)15-5-3-4-14(6-7-15)8-9-16/h10,16H,2-9H2,1H3,(H3,12,13). The predicted octanol–water partition coefficient (Wildman–Crippen LogP) is -0.299. The molecule has 1 unspecified atom stereocenters. The van der Waals surface area contributed by atoms with E-state index in [4.69, 9.17) is 16.2 Å². The van der Waals surface area contributed by atoms with Gasteiger partial charge < -0.3 is 10.8 Å². The fraction of sp³-hybridized carbons (Fsp3) is 0.909. The maximum atomic E-state index is 8.91. The SMILES string of the molecule is CCC(C(=N)N)N1CCCN(CCO)CC1. The number of rotatable bonds is 5. The first-order chi connectivity index (χ1) is 7.69. The van der Waals surface area contributed by atoms with Gasteiger partial charge in [-0.2, -0.15) is 0 Å². The molecule has 1 atom stereocenters. The van der Waals surface area contributed by atoms with Crippen molar-refractivity contribution in [3.05, 3.63) is 0 Å². The molecule has 0 aromatic rings. The first kappa shape index (κ1) is 13.4. The first-order valence-corrected chi connectivity index (χ1v) is 6.10. The molecule has 5 heteroatoms. The molecule has 94 valence electrons. The van der Waals surface area contributed by atoms with Gasteiger partial charge in [-0.25, -0.2) is 0 Å². The van der Waals surface area contributed by atoms with Crippen LogP contribution in [-0.2, 0) is 0 Å². The molecule has 16 heavy (non-hydrogen) atoms. The van der Waals surface area contributed by atoms with Crippen molar-refractivity contribution in [3.8, 4) is 0 Å². The molecule has 1 aliphatic heterocycles. The molecule has 0 amide bonds. The number of hydrogen-bond acceptors (Lipinski definition) is 4. The van der Waals surface area contributed by atoms with E-state index in [0.717, 1.165) is 45.6 Å². The molecule has 0 saturated carbocycles. The summed E-state index contributed by atoms with van der Waals surface area (Å²) in [5.74, 6) is 0.276. The van der Waals surface area contributed by atoms with Crippen LogP contribution in [0.3, 0.4) is 0 Å². The zero-order chi connectivity index (χ0) is 12.0. The van der Waals surface area contributed by atoms with Crippen molar-refractivity contribution in [2.24, 2.45) is 5.73 Å². The summed E-state index contributed by atoms with van der Waals surface area (Å²) in [7, 11) is 0. The number of hydrogen-bond donors (Lipinski definition) is 3. The molecule has 1 aliphatic rings. The molecule has 1 heterocycles. The average Bonchev–Trinajstić information content (AvgIpc) is 2.46. The monoisotopic (exact) mass is 228 g/mol. The second-order valence-corrected chi connectivity index (χ2v) is 4.33. The van der Waals surface area contributed by atoms with Crippen LogP contribution in [0, 0.1) is 5.41 Å². The molecule has 1 saturated heterocycles. The highest BCUT2D eigenvalue weighted by molar-refractivity contribution is 5.82. The summed E-state index contributed by atoms with van der Waals surface area (Å²) in [5, 5.41) is 16.5. The van der Waals surface area contributed by atoms with Gasteiger partial charge in [-0.05, 0) is 19.4 Å². The number of nitrogens with zero attached hydrogens (tertiary/aromatic N) is 2. The van der Waals surface area contributed by atoms with Crippen molar-refractivity contribution in [1.29, 1.82) is 5.41 Å². The van der Waals surface area contributed by atoms with Gasteiger partial charge in [0.05, 0.1) is 12.6 Å². The third kappa shape index (κ3) is 3.73. The summed E-state index contributed by atoms with van der Waals surface area (Å²) in [4.78, 5) is 4.56. The van der Waals surface area contributed by atoms with Gasteiger partial charge in [-0.15, -0.1) is 0 Å². The summed E-state index contributed by atoms with van der Waals surface area (Å²) in [6.07, 6.45) is 1.99. The quantitative estimate of drug-likeness (QED) is 0.446. The van der Waals surface area contributed by atoms with E-state index in [2.05, 4.69) is 16.7 Å². The number of β-amino-alcohol motifs (C(OH)–C–C–N with tert-alkyl or cyclic N) is 1. The smallest absolute Gasteiger partial charge is 0.108 e. The topological polar surface area (TPSA) is 76.6 Å². The van der Waals surface area contributed by atoms with E-state index >= 15 is 0 Å². The number of nitrogens with one attached hydrogen (secondary N) is 1. The maximum Gasteiger partial charge on any atom is 0.108 e. The van der Waals surface area contributed by atoms with E-state index in [1.807, 2.05) is 0 Å². The van der Waals surface area contributed by atoms with Crippen molar-refractivity contribution >= 4 is 5.84 Å². The van der Waals surface area contributed by atoms with Crippen LogP contribution in [0.5, 0.6) is 0 Å². The molecule has 0 aromatic carbocycles. The van der Waals surface area contributed by atoms with Crippen molar-refractivity contribution in [1.82, 2.24) is 9.80 Å². The van der Waals surface area contributed by atoms with Crippen LogP contribution in [0.2, 0.25) is 0 Å². The number of aliphatic hydroxyl groups is 1. The second kappa shape index (κ2) is 6.83. The van der Waals surface area contributed by atoms with Crippen LogP contribution < -0.4 is 5.73 Å². The highest BCUT2D eigenvalue weighted by Crippen LogP contribution is 2.09. The van der Waals surface area contributed by atoms with E-state index < -0.39 is 0 Å². The lowest BCUT2D eigenvalue weighted by Crippen LogP contribution is -2.45. The average molecular weight is 228 g/mol. The Kier molecular flexibility index (Phi) is 5.73. The molecule has 1 fully saturated rings. The molecule has 0 aliphatic carbocycles. The Balaban J connectivity index is 2.48. The Labute approximate surface area is 97.7 Å². The largest absolute Gasteiger partial charge is 0.395 e. The highest BCUT2D eigenvalue weighted by Gasteiger charge is 2.22. The Bertz CT molecular complexity index is 222. The second-order valence-electron chi connectivity index (χ2n) is 4.33. The summed E-state index contributed by atoms with van der Waals surface area (Å²) in [6.45, 7) is 6.99. The molecule has 0 radical (unpaired) electrons. The molecule has 0 spiro atoms. The molecule has 5 nitrogen and oxygen atoms in total. The van der Waals surface area contributed by atoms with Crippen molar-refractivity contribution < 1.29 is 5.11 Å². The number of nitrogens with two attached hydrogens (primary N) is 1. The zero-order valence-electron chi connectivity index (χ0n) is 10.2. The molecule has 4 N–H and O–H groups in total. The third-order valence-electron chi connectivity index (χ3n) is 3.23. The molecular weight excluding hydrogens is 204 g/mol. The summed E-state index contributed by atoms with van der Waals surface area (Å²) < 4.78 is 0. The van der Waals surface area contributed by atoms with E-state index in [-0.39, 0.29) is 18.5 Å². The maximum absolute atomic E-state index is 8.91. The van der Waals surface area contributed by atoms with Crippen LogP contribution >= 0.6 is 0 Å². The van der Waals surface area contributed by atoms with Crippen molar-refractivity contribution in [3.63, 3.8) is 0 Å². The minimum Gasteiger partial charge on any atom is -0.395 e. The van der Waals surface area contributed by atoms with E-state index in [0.29, 0.717) is 0 Å². The van der Waals surface area contributed by atoms with Crippen molar-refractivity contribution in [2.75, 3.05) is 39.3 Å². The lowest BCUT2D eigenvalue weighted by molar-refractivity contribution is 0.192. The van der Waals surface area contributed by atoms with Crippen LogP contribution in [-0.4, -0.2) is 66.1 Å². The van der Waals surface area contributed by atoms with Crippen LogP contribution in [0.1, 0.15) is 19.8 Å². The van der Waals surface area contributed by atoms with Gasteiger partial charge in [-0.1, -0.05) is 6.92 Å². The lowest BCUT2D eigenvalue weighted by atomic mass is 10.1. The zero-order valence-corrected chi connectivity index (χ0v) is 10.2. The Hall–Kier alpha value is -0.650. The minimum atomic E-state index is 0.0917. The molecule has 0 aromatic heterocycles. The van der Waals surface area contributed by atoms with Gasteiger partial charge >= 0.3 is 0 Å². The lowest BCUT2D eigenvalue weighted by Gasteiger charge is -2.28. The third-order valence-corrected chi connectivity index (χ3v) is 3.23. The van der Waals surface area contributed by atoms with Gasteiger partial charge in [0.1, 0.15) is 5.84 Å². The number of amidine groups is 1. The van der Waals surface area contributed by atoms with Gasteiger partial charge in [0.2, 0.25) is 0 Å².